The molecular weight excluding hydrogens is 609 g/mol. The topological polar surface area (TPSA) is 51.6 Å². The second-order valence-corrected chi connectivity index (χ2v) is 12.7. The summed E-state index contributed by atoms with van der Waals surface area (Å²) in [5.74, 6) is 1.92. The highest BCUT2D eigenvalue weighted by atomic mass is 15.0. The van der Waals surface area contributed by atoms with Gasteiger partial charge in [0, 0.05) is 28.3 Å². The van der Waals surface area contributed by atoms with Crippen LogP contribution in [0.2, 0.25) is 0 Å². The third-order valence-electron chi connectivity index (χ3n) is 9.75. The fraction of sp³-hybridized carbons (Fsp3) is 0. The standard InChI is InChI=1S/C46H28N4/c1-2-7-34(8-3-1)44-48-45(50-46(49-44)36-21-15-30(16-22-36)38-27-28-47-41-12-5-4-11-39(38)41)35-19-13-29(14-20-35)37-25-23-33-18-17-31-9-6-10-32-24-26-40(37)43(33)42(31)32/h1-28H. The third kappa shape index (κ3) is 4.69. The summed E-state index contributed by atoms with van der Waals surface area (Å²) >= 11 is 0. The highest BCUT2D eigenvalue weighted by molar-refractivity contribution is 6.25. The first-order chi connectivity index (χ1) is 24.8. The van der Waals surface area contributed by atoms with Gasteiger partial charge in [-0.3, -0.25) is 4.98 Å². The van der Waals surface area contributed by atoms with Crippen LogP contribution in [0, 0.1) is 0 Å². The van der Waals surface area contributed by atoms with E-state index < -0.39 is 0 Å². The molecule has 0 aliphatic rings. The monoisotopic (exact) mass is 636 g/mol. The molecular formula is C46H28N4. The summed E-state index contributed by atoms with van der Waals surface area (Å²) in [4.78, 5) is 19.5. The quantitative estimate of drug-likeness (QED) is 0.176. The first kappa shape index (κ1) is 28.3. The summed E-state index contributed by atoms with van der Waals surface area (Å²) in [5.41, 5.74) is 8.43. The zero-order valence-electron chi connectivity index (χ0n) is 27.0. The molecule has 4 heteroatoms. The fourth-order valence-corrected chi connectivity index (χ4v) is 7.28. The van der Waals surface area contributed by atoms with E-state index in [0.29, 0.717) is 17.5 Å². The van der Waals surface area contributed by atoms with Crippen LogP contribution in [0.5, 0.6) is 0 Å². The number of hydrogen-bond donors (Lipinski definition) is 0. The molecule has 0 aliphatic heterocycles. The molecule has 10 rings (SSSR count). The van der Waals surface area contributed by atoms with Crippen molar-refractivity contribution in [3.63, 3.8) is 0 Å². The first-order valence-corrected chi connectivity index (χ1v) is 16.8. The molecule has 0 fully saturated rings. The highest BCUT2D eigenvalue weighted by Gasteiger charge is 2.15. The molecule has 50 heavy (non-hydrogen) atoms. The molecule has 0 saturated heterocycles. The fourth-order valence-electron chi connectivity index (χ4n) is 7.28. The van der Waals surface area contributed by atoms with Gasteiger partial charge in [-0.2, -0.15) is 0 Å². The summed E-state index contributed by atoms with van der Waals surface area (Å²) in [6.07, 6.45) is 1.87. The minimum absolute atomic E-state index is 0.635. The number of pyridine rings is 1. The zero-order chi connectivity index (χ0) is 33.0. The van der Waals surface area contributed by atoms with E-state index in [-0.39, 0.29) is 0 Å². The third-order valence-corrected chi connectivity index (χ3v) is 9.75. The van der Waals surface area contributed by atoms with Crippen molar-refractivity contribution in [1.29, 1.82) is 0 Å². The molecule has 0 amide bonds. The summed E-state index contributed by atoms with van der Waals surface area (Å²) in [5, 5.41) is 8.84. The van der Waals surface area contributed by atoms with E-state index in [1.54, 1.807) is 0 Å². The van der Waals surface area contributed by atoms with Gasteiger partial charge in [-0.25, -0.2) is 15.0 Å². The molecule has 10 aromatic rings. The van der Waals surface area contributed by atoms with Crippen LogP contribution in [0.25, 0.3) is 99.6 Å². The Labute approximate surface area is 288 Å². The Bertz CT molecular complexity index is 2820. The van der Waals surface area contributed by atoms with Crippen molar-refractivity contribution < 1.29 is 0 Å². The lowest BCUT2D eigenvalue weighted by Gasteiger charge is -2.14. The number of para-hydroxylation sites is 1. The normalized spacial score (nSPS) is 11.6. The van der Waals surface area contributed by atoms with Crippen LogP contribution in [0.3, 0.4) is 0 Å². The van der Waals surface area contributed by atoms with Gasteiger partial charge >= 0.3 is 0 Å². The molecule has 4 nitrogen and oxygen atoms in total. The van der Waals surface area contributed by atoms with Crippen LogP contribution in [0.1, 0.15) is 0 Å². The van der Waals surface area contributed by atoms with E-state index in [4.69, 9.17) is 15.0 Å². The Hall–Kier alpha value is -6.78. The molecule has 0 bridgehead atoms. The lowest BCUT2D eigenvalue weighted by atomic mass is 9.90. The average Bonchev–Trinajstić information content (AvgIpc) is 3.20. The van der Waals surface area contributed by atoms with E-state index in [1.807, 2.05) is 48.7 Å². The van der Waals surface area contributed by atoms with Crippen LogP contribution in [-0.2, 0) is 0 Å². The Kier molecular flexibility index (Phi) is 6.46. The molecule has 0 spiro atoms. The van der Waals surface area contributed by atoms with Crippen molar-refractivity contribution in [2.45, 2.75) is 0 Å². The first-order valence-electron chi connectivity index (χ1n) is 16.8. The van der Waals surface area contributed by atoms with Gasteiger partial charge in [-0.05, 0) is 66.7 Å². The molecule has 232 valence electrons. The number of aromatic nitrogens is 4. The number of fused-ring (bicyclic) bond motifs is 1. The SMILES string of the molecule is c1ccc(-c2nc(-c3ccc(-c4ccnc5ccccc45)cc3)nc(-c3ccc(-c4ccc5ccc6cccc7ccc4c5c67)cc3)n2)cc1. The molecule has 0 atom stereocenters. The molecule has 0 saturated carbocycles. The molecule has 2 aromatic heterocycles. The Morgan fingerprint density at radius 2 is 0.800 bits per heavy atom. The number of rotatable bonds is 5. The Balaban J connectivity index is 1.05. The van der Waals surface area contributed by atoms with E-state index in [9.17, 15) is 0 Å². The van der Waals surface area contributed by atoms with Gasteiger partial charge in [-0.1, -0.05) is 152 Å². The Morgan fingerprint density at radius 3 is 1.46 bits per heavy atom. The van der Waals surface area contributed by atoms with Gasteiger partial charge in [0.2, 0.25) is 0 Å². The van der Waals surface area contributed by atoms with Gasteiger partial charge in [-0.15, -0.1) is 0 Å². The summed E-state index contributed by atoms with van der Waals surface area (Å²) in [7, 11) is 0. The maximum atomic E-state index is 5.03. The number of benzene rings is 8. The molecule has 2 heterocycles. The minimum atomic E-state index is 0.635. The molecule has 0 radical (unpaired) electrons. The second kappa shape index (κ2) is 11.4. The number of nitrogens with zero attached hydrogens (tertiary/aromatic N) is 4. The predicted molar refractivity (Wildman–Crippen MR) is 206 cm³/mol. The van der Waals surface area contributed by atoms with Crippen molar-refractivity contribution in [3.05, 3.63) is 170 Å². The van der Waals surface area contributed by atoms with Gasteiger partial charge in [0.1, 0.15) is 0 Å². The summed E-state index contributed by atoms with van der Waals surface area (Å²) in [6, 6.07) is 57.4. The maximum absolute atomic E-state index is 5.03. The van der Waals surface area contributed by atoms with Crippen LogP contribution < -0.4 is 0 Å². The van der Waals surface area contributed by atoms with Crippen molar-refractivity contribution in [2.75, 3.05) is 0 Å². The van der Waals surface area contributed by atoms with Crippen LogP contribution in [0.4, 0.5) is 0 Å². The van der Waals surface area contributed by atoms with Crippen molar-refractivity contribution >= 4 is 43.2 Å². The van der Waals surface area contributed by atoms with Crippen molar-refractivity contribution in [3.8, 4) is 56.4 Å². The maximum Gasteiger partial charge on any atom is 0.164 e. The van der Waals surface area contributed by atoms with Crippen LogP contribution in [0.15, 0.2) is 170 Å². The van der Waals surface area contributed by atoms with Gasteiger partial charge in [0.25, 0.3) is 0 Å². The smallest absolute Gasteiger partial charge is 0.164 e. The summed E-state index contributed by atoms with van der Waals surface area (Å²) in [6.45, 7) is 0. The minimum Gasteiger partial charge on any atom is -0.256 e. The largest absolute Gasteiger partial charge is 0.256 e. The van der Waals surface area contributed by atoms with Crippen molar-refractivity contribution in [1.82, 2.24) is 19.9 Å². The van der Waals surface area contributed by atoms with Crippen LogP contribution >= 0.6 is 0 Å². The predicted octanol–water partition coefficient (Wildman–Crippen LogP) is 11.7. The average molecular weight is 637 g/mol. The van der Waals surface area contributed by atoms with E-state index in [0.717, 1.165) is 44.3 Å². The van der Waals surface area contributed by atoms with E-state index in [2.05, 4.69) is 126 Å². The molecule has 0 aliphatic carbocycles. The van der Waals surface area contributed by atoms with E-state index >= 15 is 0 Å². The van der Waals surface area contributed by atoms with Gasteiger partial charge in [0.05, 0.1) is 5.52 Å². The molecule has 0 N–H and O–H groups in total. The molecule has 8 aromatic carbocycles. The summed E-state index contributed by atoms with van der Waals surface area (Å²) < 4.78 is 0. The molecule has 0 unspecified atom stereocenters. The van der Waals surface area contributed by atoms with E-state index in [1.165, 1.54) is 37.9 Å². The van der Waals surface area contributed by atoms with Gasteiger partial charge in [0.15, 0.2) is 17.5 Å². The highest BCUT2D eigenvalue weighted by Crippen LogP contribution is 2.39. The van der Waals surface area contributed by atoms with Gasteiger partial charge < -0.3 is 0 Å². The lowest BCUT2D eigenvalue weighted by molar-refractivity contribution is 1.07. The van der Waals surface area contributed by atoms with Crippen molar-refractivity contribution in [2.24, 2.45) is 0 Å². The second-order valence-electron chi connectivity index (χ2n) is 12.7. The van der Waals surface area contributed by atoms with Crippen LogP contribution in [-0.4, -0.2) is 19.9 Å². The lowest BCUT2D eigenvalue weighted by Crippen LogP contribution is -2.00. The number of hydrogen-bond acceptors (Lipinski definition) is 4. The zero-order valence-corrected chi connectivity index (χ0v) is 27.0. The Morgan fingerprint density at radius 1 is 0.300 bits per heavy atom.